The molecule has 1 aliphatic heterocycles. The van der Waals surface area contributed by atoms with Crippen LogP contribution in [0.1, 0.15) is 61.8 Å². The monoisotopic (exact) mass is 517 g/mol. The quantitative estimate of drug-likeness (QED) is 0.421. The fraction of sp³-hybridized carbons (Fsp3) is 0.393. The second-order valence-electron chi connectivity index (χ2n) is 10.6. The zero-order valence-electron chi connectivity index (χ0n) is 22.8. The number of amides is 2. The summed E-state index contributed by atoms with van der Waals surface area (Å²) >= 11 is 0. The average molecular weight is 518 g/mol. The van der Waals surface area contributed by atoms with Crippen molar-refractivity contribution in [2.75, 3.05) is 24.3 Å². The van der Waals surface area contributed by atoms with E-state index < -0.39 is 0 Å². The van der Waals surface area contributed by atoms with E-state index in [1.807, 2.05) is 44.2 Å². The topological polar surface area (TPSA) is 121 Å². The SMILES string of the molecule is COC(=O)N1CCc2cc(Nc3ncc(C(=O)NC(C)C)c(Nc4ccnc(C(C)(C)C)c4)n3)ccc2C1. The van der Waals surface area contributed by atoms with Crippen molar-refractivity contribution in [2.45, 2.75) is 59.0 Å². The number of ether oxygens (including phenoxy) is 1. The van der Waals surface area contributed by atoms with Gasteiger partial charge < -0.3 is 25.6 Å². The maximum atomic E-state index is 12.9. The molecule has 3 aromatic rings. The smallest absolute Gasteiger partial charge is 0.409 e. The van der Waals surface area contributed by atoms with Crippen LogP contribution in [0.3, 0.4) is 0 Å². The Balaban J connectivity index is 1.60. The normalized spacial score (nSPS) is 13.1. The maximum absolute atomic E-state index is 12.9. The number of rotatable bonds is 6. The van der Waals surface area contributed by atoms with Crippen LogP contribution in [0.25, 0.3) is 0 Å². The van der Waals surface area contributed by atoms with Crippen molar-refractivity contribution in [3.63, 3.8) is 0 Å². The molecule has 3 N–H and O–H groups in total. The van der Waals surface area contributed by atoms with E-state index in [9.17, 15) is 9.59 Å². The van der Waals surface area contributed by atoms with Crippen LogP contribution in [0.15, 0.2) is 42.7 Å². The van der Waals surface area contributed by atoms with E-state index >= 15 is 0 Å². The molecule has 38 heavy (non-hydrogen) atoms. The minimum Gasteiger partial charge on any atom is -0.453 e. The number of fused-ring (bicyclic) bond motifs is 1. The maximum Gasteiger partial charge on any atom is 0.409 e. The first-order valence-electron chi connectivity index (χ1n) is 12.7. The minimum atomic E-state index is -0.323. The molecule has 10 heteroatoms. The lowest BCUT2D eigenvalue weighted by molar-refractivity contribution is 0.0943. The number of hydrogen-bond acceptors (Lipinski definition) is 8. The summed E-state index contributed by atoms with van der Waals surface area (Å²) in [6, 6.07) is 9.72. The number of benzene rings is 1. The first-order valence-corrected chi connectivity index (χ1v) is 12.7. The minimum absolute atomic E-state index is 0.0350. The van der Waals surface area contributed by atoms with Gasteiger partial charge in [-0.1, -0.05) is 26.8 Å². The highest BCUT2D eigenvalue weighted by molar-refractivity contribution is 5.99. The number of hydrogen-bond donors (Lipinski definition) is 3. The third-order valence-electron chi connectivity index (χ3n) is 6.15. The van der Waals surface area contributed by atoms with E-state index in [-0.39, 0.29) is 23.5 Å². The number of aromatic nitrogens is 3. The first-order chi connectivity index (χ1) is 18.0. The third-order valence-corrected chi connectivity index (χ3v) is 6.15. The highest BCUT2D eigenvalue weighted by Gasteiger charge is 2.22. The number of nitrogens with zero attached hydrogens (tertiary/aromatic N) is 4. The van der Waals surface area contributed by atoms with Crippen molar-refractivity contribution in [2.24, 2.45) is 0 Å². The zero-order chi connectivity index (χ0) is 27.4. The molecular weight excluding hydrogens is 482 g/mol. The highest BCUT2D eigenvalue weighted by atomic mass is 16.5. The standard InChI is InChI=1S/C28H35N7O3/c1-17(2)31-25(36)22-15-30-26(34-24(22)32-21-9-11-29-23(14-21)28(3,4)5)33-20-8-7-19-16-35(27(37)38-6)12-10-18(19)13-20/h7-9,11,13-15,17H,10,12,16H2,1-6H3,(H,31,36)(H2,29,30,32,33,34). The average Bonchev–Trinajstić information content (AvgIpc) is 2.87. The van der Waals surface area contributed by atoms with E-state index in [4.69, 9.17) is 4.74 Å². The number of anilines is 4. The number of pyridine rings is 1. The molecular formula is C28H35N7O3. The zero-order valence-corrected chi connectivity index (χ0v) is 22.8. The van der Waals surface area contributed by atoms with Gasteiger partial charge in [0, 0.05) is 54.0 Å². The first kappa shape index (κ1) is 26.8. The molecule has 0 saturated carbocycles. The summed E-state index contributed by atoms with van der Waals surface area (Å²) in [4.78, 5) is 40.0. The van der Waals surface area contributed by atoms with Crippen LogP contribution in [0.4, 0.5) is 27.9 Å². The second-order valence-corrected chi connectivity index (χ2v) is 10.6. The van der Waals surface area contributed by atoms with Gasteiger partial charge in [-0.3, -0.25) is 9.78 Å². The molecule has 0 fully saturated rings. The molecule has 0 unspecified atom stereocenters. The lowest BCUT2D eigenvalue weighted by Crippen LogP contribution is -2.35. The van der Waals surface area contributed by atoms with Crippen molar-refractivity contribution in [3.05, 3.63) is 65.1 Å². The summed E-state index contributed by atoms with van der Waals surface area (Å²) in [6.07, 6.45) is 3.66. The van der Waals surface area contributed by atoms with Gasteiger partial charge in [0.2, 0.25) is 5.95 Å². The summed E-state index contributed by atoms with van der Waals surface area (Å²) in [5.41, 5.74) is 4.94. The van der Waals surface area contributed by atoms with Gasteiger partial charge in [-0.15, -0.1) is 0 Å². The van der Waals surface area contributed by atoms with E-state index in [1.165, 1.54) is 13.3 Å². The molecule has 0 bridgehead atoms. The Hall–Kier alpha value is -4.21. The molecule has 0 atom stereocenters. The lowest BCUT2D eigenvalue weighted by atomic mass is 9.91. The van der Waals surface area contributed by atoms with Crippen LogP contribution in [-0.2, 0) is 23.1 Å². The van der Waals surface area contributed by atoms with Crippen molar-refractivity contribution >= 4 is 35.1 Å². The van der Waals surface area contributed by atoms with Crippen molar-refractivity contribution in [1.29, 1.82) is 0 Å². The van der Waals surface area contributed by atoms with Crippen molar-refractivity contribution < 1.29 is 14.3 Å². The van der Waals surface area contributed by atoms with Crippen LogP contribution in [0, 0.1) is 0 Å². The Kier molecular flexibility index (Phi) is 7.80. The van der Waals surface area contributed by atoms with Gasteiger partial charge >= 0.3 is 6.09 Å². The molecule has 2 aromatic heterocycles. The molecule has 1 aliphatic rings. The van der Waals surface area contributed by atoms with Gasteiger partial charge in [0.1, 0.15) is 11.4 Å². The number of carbonyl (C=O) groups excluding carboxylic acids is 2. The van der Waals surface area contributed by atoms with Crippen molar-refractivity contribution in [1.82, 2.24) is 25.2 Å². The van der Waals surface area contributed by atoms with E-state index in [0.717, 1.165) is 34.6 Å². The number of nitrogens with one attached hydrogen (secondary N) is 3. The fourth-order valence-electron chi connectivity index (χ4n) is 4.14. The molecule has 200 valence electrons. The molecule has 0 aliphatic carbocycles. The lowest BCUT2D eigenvalue weighted by Gasteiger charge is -2.28. The molecule has 0 saturated heterocycles. The molecule has 3 heterocycles. The number of methoxy groups -OCH3 is 1. The van der Waals surface area contributed by atoms with E-state index in [0.29, 0.717) is 30.4 Å². The highest BCUT2D eigenvalue weighted by Crippen LogP contribution is 2.27. The van der Waals surface area contributed by atoms with Gasteiger partial charge in [-0.05, 0) is 55.7 Å². The molecule has 2 amide bonds. The van der Waals surface area contributed by atoms with Crippen LogP contribution >= 0.6 is 0 Å². The molecule has 1 aromatic carbocycles. The van der Waals surface area contributed by atoms with Crippen LogP contribution in [-0.4, -0.2) is 51.5 Å². The molecule has 0 spiro atoms. The predicted molar refractivity (Wildman–Crippen MR) is 147 cm³/mol. The van der Waals surface area contributed by atoms with E-state index in [1.54, 1.807) is 11.1 Å². The largest absolute Gasteiger partial charge is 0.453 e. The van der Waals surface area contributed by atoms with Gasteiger partial charge in [-0.2, -0.15) is 4.98 Å². The predicted octanol–water partition coefficient (Wildman–Crippen LogP) is 4.92. The second kappa shape index (κ2) is 11.0. The van der Waals surface area contributed by atoms with Crippen LogP contribution in [0.5, 0.6) is 0 Å². The Morgan fingerprint density at radius 1 is 1.03 bits per heavy atom. The summed E-state index contributed by atoms with van der Waals surface area (Å²) in [5, 5.41) is 9.46. The van der Waals surface area contributed by atoms with Crippen molar-refractivity contribution in [3.8, 4) is 0 Å². The van der Waals surface area contributed by atoms with Crippen LogP contribution in [0.2, 0.25) is 0 Å². The van der Waals surface area contributed by atoms with Crippen LogP contribution < -0.4 is 16.0 Å². The molecule has 4 rings (SSSR count). The number of carbonyl (C=O) groups is 2. The Labute approximate surface area is 223 Å². The summed E-state index contributed by atoms with van der Waals surface area (Å²) in [6.45, 7) is 11.2. The molecule has 10 nitrogen and oxygen atoms in total. The van der Waals surface area contributed by atoms with Gasteiger partial charge in [0.05, 0.1) is 7.11 Å². The third kappa shape index (κ3) is 6.37. The van der Waals surface area contributed by atoms with Gasteiger partial charge in [-0.25, -0.2) is 9.78 Å². The fourth-order valence-corrected chi connectivity index (χ4v) is 4.14. The summed E-state index contributed by atoms with van der Waals surface area (Å²) < 4.78 is 4.85. The Morgan fingerprint density at radius 3 is 2.50 bits per heavy atom. The van der Waals surface area contributed by atoms with E-state index in [2.05, 4.69) is 51.7 Å². The summed E-state index contributed by atoms with van der Waals surface area (Å²) in [7, 11) is 1.39. The Morgan fingerprint density at radius 2 is 1.79 bits per heavy atom. The molecule has 0 radical (unpaired) electrons. The van der Waals surface area contributed by atoms with Gasteiger partial charge in [0.25, 0.3) is 5.91 Å². The summed E-state index contributed by atoms with van der Waals surface area (Å²) in [5.74, 6) is 0.479. The van der Waals surface area contributed by atoms with Gasteiger partial charge in [0.15, 0.2) is 0 Å². The Bertz CT molecular complexity index is 1330.